The Labute approximate surface area is 138 Å². The lowest BCUT2D eigenvalue weighted by atomic mass is 10.3. The zero-order valence-corrected chi connectivity index (χ0v) is 13.7. The monoisotopic (exact) mass is 328 g/mol. The summed E-state index contributed by atoms with van der Waals surface area (Å²) >= 11 is 0.984. The van der Waals surface area contributed by atoms with Gasteiger partial charge in [-0.3, -0.25) is 14.5 Å². The molecule has 0 unspecified atom stereocenters. The topological polar surface area (TPSA) is 51.5 Å². The Kier molecular flexibility index (Phi) is 4.25. The van der Waals surface area contributed by atoms with Gasteiger partial charge in [0.1, 0.15) is 5.75 Å². The number of hydrogen-bond acceptors (Lipinski definition) is 4. The highest BCUT2D eigenvalue weighted by Crippen LogP contribution is 2.32. The maximum Gasteiger partial charge on any atom is 0.293 e. The minimum atomic E-state index is -0.223. The Bertz CT molecular complexity index is 777. The van der Waals surface area contributed by atoms with Crippen LogP contribution < -0.4 is 4.74 Å². The number of likely N-dealkylation sites (N-methyl/N-ethyl adjacent to an activating group) is 1. The number of amides is 2. The van der Waals surface area contributed by atoms with E-state index in [0.717, 1.165) is 28.8 Å². The molecule has 5 nitrogen and oxygen atoms in total. The van der Waals surface area contributed by atoms with Gasteiger partial charge in [-0.1, -0.05) is 0 Å². The average Bonchev–Trinajstić information content (AvgIpc) is 3.13. The van der Waals surface area contributed by atoms with Crippen molar-refractivity contribution in [3.8, 4) is 11.4 Å². The third-order valence-electron chi connectivity index (χ3n) is 3.57. The minimum absolute atomic E-state index is 0.210. The van der Waals surface area contributed by atoms with Gasteiger partial charge in [0.05, 0.1) is 12.0 Å². The van der Waals surface area contributed by atoms with Crippen LogP contribution in [0.1, 0.15) is 12.5 Å². The van der Waals surface area contributed by atoms with E-state index in [-0.39, 0.29) is 11.1 Å². The maximum absolute atomic E-state index is 12.1. The van der Waals surface area contributed by atoms with Gasteiger partial charge in [-0.2, -0.15) is 0 Å². The third-order valence-corrected chi connectivity index (χ3v) is 4.48. The fourth-order valence-corrected chi connectivity index (χ4v) is 3.24. The maximum atomic E-state index is 12.1. The Hall–Kier alpha value is -2.47. The van der Waals surface area contributed by atoms with Crippen molar-refractivity contribution in [1.29, 1.82) is 0 Å². The van der Waals surface area contributed by atoms with Crippen LogP contribution in [-0.2, 0) is 4.79 Å². The minimum Gasteiger partial charge on any atom is -0.497 e. The van der Waals surface area contributed by atoms with Crippen LogP contribution >= 0.6 is 11.8 Å². The number of carbonyl (C=O) groups excluding carboxylic acids is 2. The molecule has 1 aliphatic heterocycles. The third kappa shape index (κ3) is 3.03. The largest absolute Gasteiger partial charge is 0.497 e. The molecule has 0 saturated carbocycles. The molecule has 23 heavy (non-hydrogen) atoms. The Morgan fingerprint density at radius 3 is 2.52 bits per heavy atom. The fraction of sp³-hybridized carbons (Fsp3) is 0.176. The first-order valence-electron chi connectivity index (χ1n) is 7.20. The molecule has 0 radical (unpaired) electrons. The van der Waals surface area contributed by atoms with Crippen molar-refractivity contribution in [2.45, 2.75) is 6.92 Å². The van der Waals surface area contributed by atoms with E-state index >= 15 is 0 Å². The fourth-order valence-electron chi connectivity index (χ4n) is 2.34. The van der Waals surface area contributed by atoms with Crippen molar-refractivity contribution < 1.29 is 14.3 Å². The van der Waals surface area contributed by atoms with Gasteiger partial charge in [0.15, 0.2) is 0 Å². The molecule has 118 valence electrons. The summed E-state index contributed by atoms with van der Waals surface area (Å²) in [5.41, 5.74) is 1.87. The van der Waals surface area contributed by atoms with Gasteiger partial charge in [0.25, 0.3) is 11.1 Å². The van der Waals surface area contributed by atoms with Crippen molar-refractivity contribution in [2.75, 3.05) is 13.7 Å². The lowest BCUT2D eigenvalue weighted by Gasteiger charge is -2.06. The standard InChI is InChI=1S/C17H16N2O3S/c1-3-19-16(20)15(23-17(19)21)10-12-8-9-18(11-12)13-4-6-14(22-2)7-5-13/h4-11H,3H2,1-2H3/b15-10+. The number of hydrogen-bond donors (Lipinski definition) is 0. The van der Waals surface area contributed by atoms with Crippen molar-refractivity contribution >= 4 is 29.0 Å². The predicted octanol–water partition coefficient (Wildman–Crippen LogP) is 3.54. The zero-order chi connectivity index (χ0) is 16.4. The van der Waals surface area contributed by atoms with Crippen molar-refractivity contribution in [1.82, 2.24) is 9.47 Å². The number of imide groups is 1. The Morgan fingerprint density at radius 2 is 1.91 bits per heavy atom. The van der Waals surface area contributed by atoms with Crippen LogP contribution in [0.2, 0.25) is 0 Å². The number of rotatable bonds is 4. The van der Waals surface area contributed by atoms with E-state index < -0.39 is 0 Å². The molecule has 0 spiro atoms. The molecule has 1 aromatic heterocycles. The normalized spacial score (nSPS) is 16.4. The molecular formula is C17H16N2O3S. The summed E-state index contributed by atoms with van der Waals surface area (Å²) in [6.07, 6.45) is 5.58. The van der Waals surface area contributed by atoms with Gasteiger partial charge in [-0.05, 0) is 60.7 Å². The molecule has 2 aromatic rings. The van der Waals surface area contributed by atoms with Gasteiger partial charge in [0.2, 0.25) is 0 Å². The second-order valence-corrected chi connectivity index (χ2v) is 5.97. The predicted molar refractivity (Wildman–Crippen MR) is 90.7 cm³/mol. The number of benzene rings is 1. The molecular weight excluding hydrogens is 312 g/mol. The van der Waals surface area contributed by atoms with E-state index in [9.17, 15) is 9.59 Å². The molecule has 2 amide bonds. The van der Waals surface area contributed by atoms with Crippen LogP contribution in [0.5, 0.6) is 5.75 Å². The van der Waals surface area contributed by atoms with Gasteiger partial charge in [-0.15, -0.1) is 0 Å². The number of nitrogens with zero attached hydrogens (tertiary/aromatic N) is 2. The highest BCUT2D eigenvalue weighted by Gasteiger charge is 2.33. The lowest BCUT2D eigenvalue weighted by molar-refractivity contribution is -0.122. The molecule has 0 bridgehead atoms. The summed E-state index contributed by atoms with van der Waals surface area (Å²) in [4.78, 5) is 25.5. The summed E-state index contributed by atoms with van der Waals surface area (Å²) in [7, 11) is 1.63. The van der Waals surface area contributed by atoms with Crippen molar-refractivity contribution in [3.63, 3.8) is 0 Å². The number of carbonyl (C=O) groups is 2. The molecule has 1 fully saturated rings. The molecule has 2 heterocycles. The molecule has 6 heteroatoms. The molecule has 1 aromatic carbocycles. The van der Waals surface area contributed by atoms with Crippen LogP contribution in [0, 0.1) is 0 Å². The number of methoxy groups -OCH3 is 1. The number of thioether (sulfide) groups is 1. The average molecular weight is 328 g/mol. The second kappa shape index (κ2) is 6.34. The van der Waals surface area contributed by atoms with Gasteiger partial charge < -0.3 is 9.30 Å². The van der Waals surface area contributed by atoms with Gasteiger partial charge >= 0.3 is 0 Å². The first-order valence-corrected chi connectivity index (χ1v) is 8.02. The van der Waals surface area contributed by atoms with Crippen LogP contribution in [0.4, 0.5) is 4.79 Å². The van der Waals surface area contributed by atoms with Crippen LogP contribution in [0.3, 0.4) is 0 Å². The van der Waals surface area contributed by atoms with Crippen LogP contribution in [-0.4, -0.2) is 34.3 Å². The first kappa shape index (κ1) is 15.4. The van der Waals surface area contributed by atoms with E-state index in [1.54, 1.807) is 20.1 Å². The van der Waals surface area contributed by atoms with E-state index in [1.807, 2.05) is 47.3 Å². The van der Waals surface area contributed by atoms with Crippen molar-refractivity contribution in [2.24, 2.45) is 0 Å². The van der Waals surface area contributed by atoms with E-state index in [0.29, 0.717) is 11.4 Å². The summed E-state index contributed by atoms with van der Waals surface area (Å²) in [6, 6.07) is 9.59. The van der Waals surface area contributed by atoms with Gasteiger partial charge in [0, 0.05) is 24.6 Å². The molecule has 1 saturated heterocycles. The smallest absolute Gasteiger partial charge is 0.293 e. The molecule has 1 aliphatic rings. The SMILES string of the molecule is CCN1C(=O)S/C(=C/c2ccn(-c3ccc(OC)cc3)c2)C1=O. The molecule has 0 atom stereocenters. The molecule has 0 aliphatic carbocycles. The summed E-state index contributed by atoms with van der Waals surface area (Å²) in [5, 5.41) is -0.210. The van der Waals surface area contributed by atoms with E-state index in [2.05, 4.69) is 0 Å². The Balaban J connectivity index is 1.83. The Morgan fingerprint density at radius 1 is 1.17 bits per heavy atom. The quantitative estimate of drug-likeness (QED) is 0.806. The molecule has 0 N–H and O–H groups in total. The summed E-state index contributed by atoms with van der Waals surface area (Å²) in [6.45, 7) is 2.19. The molecule has 3 rings (SSSR count). The number of ether oxygens (including phenoxy) is 1. The second-order valence-electron chi connectivity index (χ2n) is 4.98. The number of aromatic nitrogens is 1. The van der Waals surface area contributed by atoms with Crippen LogP contribution in [0.15, 0.2) is 47.6 Å². The first-order chi connectivity index (χ1) is 11.1. The van der Waals surface area contributed by atoms with Crippen molar-refractivity contribution in [3.05, 3.63) is 53.2 Å². The lowest BCUT2D eigenvalue weighted by Crippen LogP contribution is -2.27. The van der Waals surface area contributed by atoms with E-state index in [4.69, 9.17) is 4.74 Å². The van der Waals surface area contributed by atoms with Crippen LogP contribution in [0.25, 0.3) is 11.8 Å². The summed E-state index contributed by atoms with van der Waals surface area (Å²) in [5.74, 6) is 0.578. The van der Waals surface area contributed by atoms with Gasteiger partial charge in [-0.25, -0.2) is 0 Å². The highest BCUT2D eigenvalue weighted by molar-refractivity contribution is 8.18. The zero-order valence-electron chi connectivity index (χ0n) is 12.9. The highest BCUT2D eigenvalue weighted by atomic mass is 32.2. The van der Waals surface area contributed by atoms with E-state index in [1.165, 1.54) is 4.90 Å². The summed E-state index contributed by atoms with van der Waals surface area (Å²) < 4.78 is 7.10.